The molecule has 0 heterocycles. The molecule has 0 saturated heterocycles. The monoisotopic (exact) mass is 154 g/mol. The highest BCUT2D eigenvalue weighted by molar-refractivity contribution is 5.81. The zero-order valence-corrected chi connectivity index (χ0v) is 7.09. The lowest BCUT2D eigenvalue weighted by Gasteiger charge is -1.97. The molecule has 58 valence electrons. The van der Waals surface area contributed by atoms with Gasteiger partial charge in [-0.15, -0.1) is 0 Å². The van der Waals surface area contributed by atoms with Gasteiger partial charge < -0.3 is 0 Å². The van der Waals surface area contributed by atoms with Gasteiger partial charge in [-0.1, -0.05) is 31.2 Å². The first-order valence-electron chi connectivity index (χ1n) is 4.21. The fraction of sp³-hybridized carbons (Fsp3) is 0.167. The summed E-state index contributed by atoms with van der Waals surface area (Å²) in [5.74, 6) is 0. The molecule has 0 bridgehead atoms. The van der Waals surface area contributed by atoms with Crippen LogP contribution in [0.5, 0.6) is 0 Å². The van der Waals surface area contributed by atoms with Crippen molar-refractivity contribution in [3.05, 3.63) is 48.0 Å². The van der Waals surface area contributed by atoms with Gasteiger partial charge in [-0.3, -0.25) is 0 Å². The molecule has 2 aromatic carbocycles. The smallest absolute Gasteiger partial charge is 0.0321 e. The van der Waals surface area contributed by atoms with E-state index in [4.69, 9.17) is 0 Å². The molecule has 0 nitrogen and oxygen atoms in total. The molecule has 2 aromatic rings. The van der Waals surface area contributed by atoms with Crippen LogP contribution in [-0.4, -0.2) is 0 Å². The van der Waals surface area contributed by atoms with Gasteiger partial charge in [0.2, 0.25) is 0 Å². The summed E-state index contributed by atoms with van der Waals surface area (Å²) >= 11 is 0. The molecule has 0 N–H and O–H groups in total. The molecule has 0 aliphatic carbocycles. The van der Waals surface area contributed by atoms with Gasteiger partial charge in [0.05, 0.1) is 0 Å². The molecule has 0 fully saturated rings. The van der Waals surface area contributed by atoms with Crippen LogP contribution >= 0.6 is 0 Å². The minimum Gasteiger partial charge on any atom is -0.0696 e. The van der Waals surface area contributed by atoms with E-state index in [1.54, 1.807) is 0 Å². The third-order valence-electron chi connectivity index (χ3n) is 2.08. The van der Waals surface area contributed by atoms with Gasteiger partial charge in [0, 0.05) is 5.39 Å². The maximum Gasteiger partial charge on any atom is 0.0321 e. The number of benzene rings is 1. The average molecular weight is 154 g/mol. The van der Waals surface area contributed by atoms with E-state index in [0.29, 0.717) is 0 Å². The Morgan fingerprint density at radius 3 is 3.00 bits per heavy atom. The largest absolute Gasteiger partial charge is 0.0696 e. The van der Waals surface area contributed by atoms with Crippen LogP contribution in [0, 0.1) is 12.1 Å². The highest BCUT2D eigenvalue weighted by atomic mass is 14.0. The standard InChI is InChI=1S/C12H10/c1-2-10-7-8-11-5-3-4-6-12(11)9-10/h4,6-9H,2H2,1H3. The Balaban J connectivity index is 2.67. The van der Waals surface area contributed by atoms with Crippen LogP contribution in [0.25, 0.3) is 10.8 Å². The van der Waals surface area contributed by atoms with Gasteiger partial charge in [-0.2, -0.15) is 0 Å². The Hall–Kier alpha value is -1.48. The van der Waals surface area contributed by atoms with Gasteiger partial charge in [-0.25, -0.2) is 0 Å². The molecular weight excluding hydrogens is 144 g/mol. The second kappa shape index (κ2) is 2.87. The fourth-order valence-electron chi connectivity index (χ4n) is 1.33. The van der Waals surface area contributed by atoms with Crippen LogP contribution in [0.1, 0.15) is 12.5 Å². The molecule has 0 aromatic heterocycles. The molecule has 12 heavy (non-hydrogen) atoms. The van der Waals surface area contributed by atoms with Crippen LogP contribution in [0.15, 0.2) is 30.3 Å². The zero-order valence-electron chi connectivity index (χ0n) is 7.09. The second-order valence-electron chi connectivity index (χ2n) is 2.88. The van der Waals surface area contributed by atoms with Crippen LogP contribution in [0.3, 0.4) is 0 Å². The maximum atomic E-state index is 3.08. The predicted octanol–water partition coefficient (Wildman–Crippen LogP) is 3.00. The zero-order chi connectivity index (χ0) is 8.39. The Labute approximate surface area is 72.8 Å². The van der Waals surface area contributed by atoms with Crippen molar-refractivity contribution in [3.63, 3.8) is 0 Å². The van der Waals surface area contributed by atoms with Crippen molar-refractivity contribution in [1.82, 2.24) is 0 Å². The Morgan fingerprint density at radius 2 is 2.17 bits per heavy atom. The molecule has 2 rings (SSSR count). The fourth-order valence-corrected chi connectivity index (χ4v) is 1.33. The van der Waals surface area contributed by atoms with Crippen molar-refractivity contribution in [1.29, 1.82) is 0 Å². The van der Waals surface area contributed by atoms with Gasteiger partial charge in [0.15, 0.2) is 0 Å². The van der Waals surface area contributed by atoms with Gasteiger partial charge in [-0.05, 0) is 35.6 Å². The summed E-state index contributed by atoms with van der Waals surface area (Å²) in [5.41, 5.74) is 1.38. The van der Waals surface area contributed by atoms with Crippen LogP contribution < -0.4 is 0 Å². The minimum absolute atomic E-state index is 1.09. The molecule has 0 aliphatic rings. The molecular formula is C12H10. The Kier molecular flexibility index (Phi) is 1.72. The summed E-state index contributed by atoms with van der Waals surface area (Å²) in [6.45, 7) is 2.17. The van der Waals surface area contributed by atoms with E-state index >= 15 is 0 Å². The lowest BCUT2D eigenvalue weighted by Crippen LogP contribution is -1.78. The summed E-state index contributed by atoms with van der Waals surface area (Å²) in [4.78, 5) is 0. The van der Waals surface area contributed by atoms with Gasteiger partial charge in [0.25, 0.3) is 0 Å². The van der Waals surface area contributed by atoms with Gasteiger partial charge >= 0.3 is 0 Å². The highest BCUT2D eigenvalue weighted by Gasteiger charge is 1.91. The van der Waals surface area contributed by atoms with E-state index in [9.17, 15) is 0 Å². The molecule has 0 heteroatoms. The maximum absolute atomic E-state index is 3.08. The minimum atomic E-state index is 1.09. The van der Waals surface area contributed by atoms with Crippen LogP contribution in [0.2, 0.25) is 0 Å². The Morgan fingerprint density at radius 1 is 1.25 bits per heavy atom. The first kappa shape index (κ1) is 7.18. The summed E-state index contributed by atoms with van der Waals surface area (Å²) in [5, 5.41) is 2.41. The third-order valence-corrected chi connectivity index (χ3v) is 2.08. The van der Waals surface area contributed by atoms with Crippen molar-refractivity contribution in [3.8, 4) is 0 Å². The lowest BCUT2D eigenvalue weighted by molar-refractivity contribution is 1.15. The van der Waals surface area contributed by atoms with Gasteiger partial charge in [0.1, 0.15) is 0 Å². The lowest BCUT2D eigenvalue weighted by atomic mass is 10.1. The van der Waals surface area contributed by atoms with E-state index in [-0.39, 0.29) is 0 Å². The van der Waals surface area contributed by atoms with E-state index in [0.717, 1.165) is 11.8 Å². The predicted molar refractivity (Wildman–Crippen MR) is 51.0 cm³/mol. The van der Waals surface area contributed by atoms with E-state index in [1.807, 2.05) is 6.07 Å². The third kappa shape index (κ3) is 1.14. The number of aryl methyl sites for hydroxylation is 1. The van der Waals surface area contributed by atoms with E-state index in [2.05, 4.69) is 43.3 Å². The first-order valence-corrected chi connectivity index (χ1v) is 4.21. The number of fused-ring (bicyclic) bond motifs is 1. The SMILES string of the molecule is CCc1ccc2c#cccc2c1. The Bertz CT molecular complexity index is 388. The molecule has 0 radical (unpaired) electrons. The highest BCUT2D eigenvalue weighted by Crippen LogP contribution is 2.13. The summed E-state index contributed by atoms with van der Waals surface area (Å²) in [6.07, 6.45) is 1.09. The molecule has 0 spiro atoms. The number of hydrogen-bond acceptors (Lipinski definition) is 0. The van der Waals surface area contributed by atoms with E-state index < -0.39 is 0 Å². The van der Waals surface area contributed by atoms with Crippen molar-refractivity contribution < 1.29 is 0 Å². The van der Waals surface area contributed by atoms with Crippen molar-refractivity contribution in [2.45, 2.75) is 13.3 Å². The molecule has 0 aliphatic heterocycles. The molecule has 0 amide bonds. The van der Waals surface area contributed by atoms with Crippen molar-refractivity contribution in [2.75, 3.05) is 0 Å². The second-order valence-corrected chi connectivity index (χ2v) is 2.88. The average Bonchev–Trinajstić information content (AvgIpc) is 2.17. The number of rotatable bonds is 1. The summed E-state index contributed by atoms with van der Waals surface area (Å²) in [7, 11) is 0. The molecule has 0 atom stereocenters. The molecule has 0 saturated carbocycles. The van der Waals surface area contributed by atoms with Crippen LogP contribution in [0.4, 0.5) is 0 Å². The van der Waals surface area contributed by atoms with E-state index in [1.165, 1.54) is 10.9 Å². The quantitative estimate of drug-likeness (QED) is 0.592. The van der Waals surface area contributed by atoms with Crippen molar-refractivity contribution >= 4 is 10.8 Å². The molecule has 0 unspecified atom stereocenters. The first-order chi connectivity index (χ1) is 5.90. The normalized spacial score (nSPS) is 9.75. The summed E-state index contributed by atoms with van der Waals surface area (Å²) < 4.78 is 0. The number of hydrogen-bond donors (Lipinski definition) is 0. The summed E-state index contributed by atoms with van der Waals surface area (Å²) in [6, 6.07) is 16.5. The van der Waals surface area contributed by atoms with Crippen LogP contribution in [-0.2, 0) is 6.42 Å². The van der Waals surface area contributed by atoms with Crippen molar-refractivity contribution in [2.24, 2.45) is 0 Å². The topological polar surface area (TPSA) is 0 Å².